The molecule has 2 atom stereocenters. The van der Waals surface area contributed by atoms with Crippen molar-refractivity contribution in [2.75, 3.05) is 7.05 Å². The maximum absolute atomic E-state index is 11.3. The van der Waals surface area contributed by atoms with Crippen molar-refractivity contribution < 1.29 is 5.21 Å². The number of rotatable bonds is 1. The van der Waals surface area contributed by atoms with E-state index in [-0.39, 0.29) is 12.2 Å². The third-order valence-corrected chi connectivity index (χ3v) is 2.24. The van der Waals surface area contributed by atoms with Crippen molar-refractivity contribution in [3.05, 3.63) is 5.21 Å². The van der Waals surface area contributed by atoms with Gasteiger partial charge in [-0.2, -0.15) is 5.06 Å². The number of hydrogen-bond acceptors (Lipinski definition) is 4. The van der Waals surface area contributed by atoms with Gasteiger partial charge in [0.1, 0.15) is 0 Å². The molecule has 66 valence electrons. The molecule has 1 aliphatic rings. The van der Waals surface area contributed by atoms with Gasteiger partial charge in [-0.05, 0) is 25.3 Å². The lowest BCUT2D eigenvalue weighted by Crippen LogP contribution is -2.48. The van der Waals surface area contributed by atoms with Gasteiger partial charge in [-0.3, -0.25) is 0 Å². The summed E-state index contributed by atoms with van der Waals surface area (Å²) in [5, 5.41) is 22.3. The van der Waals surface area contributed by atoms with E-state index in [1.54, 1.807) is 0 Å². The summed E-state index contributed by atoms with van der Waals surface area (Å²) >= 11 is 0. The van der Waals surface area contributed by atoms with Gasteiger partial charge in [-0.15, -0.1) is 0 Å². The highest BCUT2D eigenvalue weighted by Gasteiger charge is 2.22. The first-order valence-corrected chi connectivity index (χ1v) is 4.00. The normalized spacial score (nSPS) is 34.6. The lowest BCUT2D eigenvalue weighted by Gasteiger charge is -2.47. The Bertz CT molecular complexity index is 130. The second-order valence-corrected chi connectivity index (χ2v) is 3.19. The van der Waals surface area contributed by atoms with Crippen molar-refractivity contribution in [3.63, 3.8) is 0 Å². The first kappa shape index (κ1) is 8.93. The van der Waals surface area contributed by atoms with Gasteiger partial charge in [0, 0.05) is 7.05 Å². The van der Waals surface area contributed by atoms with Gasteiger partial charge in [-0.1, -0.05) is 6.92 Å². The van der Waals surface area contributed by atoms with Crippen LogP contribution in [0.2, 0.25) is 0 Å². The maximum atomic E-state index is 11.3. The van der Waals surface area contributed by atoms with Crippen molar-refractivity contribution in [2.45, 2.75) is 38.4 Å². The van der Waals surface area contributed by atoms with E-state index in [1.165, 1.54) is 7.05 Å². The molecule has 0 spiro atoms. The molecule has 2 unspecified atom stereocenters. The second-order valence-electron chi connectivity index (χ2n) is 3.19. The molecule has 1 rings (SSSR count). The molecule has 11 heavy (non-hydrogen) atoms. The average Bonchev–Trinajstić information content (AvgIpc) is 1.94. The smallest absolute Gasteiger partial charge is 0.0751 e. The van der Waals surface area contributed by atoms with Gasteiger partial charge < -0.3 is 15.5 Å². The van der Waals surface area contributed by atoms with Crippen molar-refractivity contribution in [1.82, 2.24) is 10.1 Å². The minimum absolute atomic E-state index is 0.0448. The zero-order valence-electron chi connectivity index (χ0n) is 7.03. The van der Waals surface area contributed by atoms with Gasteiger partial charge >= 0.3 is 0 Å². The number of nitrogens with zero attached hydrogens (tertiary/aromatic N) is 2. The van der Waals surface area contributed by atoms with Crippen LogP contribution in [0.3, 0.4) is 0 Å². The molecule has 0 radical (unpaired) electrons. The Morgan fingerprint density at radius 1 is 1.55 bits per heavy atom. The number of piperidine rings is 1. The minimum atomic E-state index is -0.334. The monoisotopic (exact) mass is 159 g/mol. The molecule has 0 bridgehead atoms. The van der Waals surface area contributed by atoms with Crippen molar-refractivity contribution >= 4 is 0 Å². The highest BCUT2D eigenvalue weighted by molar-refractivity contribution is 4.79. The van der Waals surface area contributed by atoms with E-state index in [1.807, 2.05) is 6.92 Å². The molecule has 1 N–H and O–H groups in total. The summed E-state index contributed by atoms with van der Waals surface area (Å²) in [6, 6.07) is 0.0448. The van der Waals surface area contributed by atoms with Crippen LogP contribution in [0.5, 0.6) is 0 Å². The second kappa shape index (κ2) is 3.49. The third kappa shape index (κ3) is 1.90. The van der Waals surface area contributed by atoms with E-state index in [0.717, 1.165) is 29.4 Å². The fourth-order valence-electron chi connectivity index (χ4n) is 1.50. The minimum Gasteiger partial charge on any atom is -0.784 e. The molecule has 1 saturated heterocycles. The molecular formula is C7H15N2O2-. The van der Waals surface area contributed by atoms with E-state index in [0.29, 0.717) is 0 Å². The summed E-state index contributed by atoms with van der Waals surface area (Å²) in [5.74, 6) is 0. The Balaban J connectivity index is 2.51. The summed E-state index contributed by atoms with van der Waals surface area (Å²) in [6.07, 6.45) is 2.39. The SMILES string of the molecule is CC1CCCC(N(C)O)N1[O-]. The van der Waals surface area contributed by atoms with Crippen molar-refractivity contribution in [3.8, 4) is 0 Å². The Labute approximate surface area is 66.9 Å². The van der Waals surface area contributed by atoms with E-state index < -0.39 is 0 Å². The maximum Gasteiger partial charge on any atom is 0.0751 e. The Hall–Kier alpha value is -0.160. The van der Waals surface area contributed by atoms with Gasteiger partial charge in [0.15, 0.2) is 0 Å². The van der Waals surface area contributed by atoms with Gasteiger partial charge in [-0.25, -0.2) is 0 Å². The fraction of sp³-hybridized carbons (Fsp3) is 1.00. The summed E-state index contributed by atoms with van der Waals surface area (Å²) in [7, 11) is 1.52. The van der Waals surface area contributed by atoms with Crippen LogP contribution in [0.4, 0.5) is 0 Å². The number of hydrogen-bond donors (Lipinski definition) is 1. The van der Waals surface area contributed by atoms with Crippen LogP contribution >= 0.6 is 0 Å². The summed E-state index contributed by atoms with van der Waals surface area (Å²) in [4.78, 5) is 0. The van der Waals surface area contributed by atoms with Gasteiger partial charge in [0.05, 0.1) is 6.17 Å². The predicted octanol–water partition coefficient (Wildman–Crippen LogP) is 1.01. The van der Waals surface area contributed by atoms with Crippen LogP contribution in [0.1, 0.15) is 26.2 Å². The van der Waals surface area contributed by atoms with Crippen LogP contribution < -0.4 is 0 Å². The molecule has 1 aliphatic heterocycles. The van der Waals surface area contributed by atoms with Crippen molar-refractivity contribution in [1.29, 1.82) is 0 Å². The van der Waals surface area contributed by atoms with Crippen LogP contribution in [0.15, 0.2) is 0 Å². The Kier molecular flexibility index (Phi) is 2.84. The summed E-state index contributed by atoms with van der Waals surface area (Å²) in [6.45, 7) is 1.89. The topological polar surface area (TPSA) is 49.8 Å². The fourth-order valence-corrected chi connectivity index (χ4v) is 1.50. The Morgan fingerprint density at radius 2 is 2.18 bits per heavy atom. The molecule has 1 heterocycles. The van der Waals surface area contributed by atoms with E-state index >= 15 is 0 Å². The molecule has 0 saturated carbocycles. The van der Waals surface area contributed by atoms with E-state index in [9.17, 15) is 5.21 Å². The molecule has 0 aromatic heterocycles. The summed E-state index contributed by atoms with van der Waals surface area (Å²) < 4.78 is 0. The highest BCUT2D eigenvalue weighted by atomic mass is 16.5. The molecule has 0 amide bonds. The molecule has 0 aromatic rings. The Morgan fingerprint density at radius 3 is 2.64 bits per heavy atom. The van der Waals surface area contributed by atoms with Gasteiger partial charge in [0.25, 0.3) is 0 Å². The molecule has 0 aliphatic carbocycles. The van der Waals surface area contributed by atoms with Crippen LogP contribution in [-0.2, 0) is 0 Å². The number of hydroxylamine groups is 4. The zero-order valence-corrected chi connectivity index (χ0v) is 7.03. The van der Waals surface area contributed by atoms with Gasteiger partial charge in [0.2, 0.25) is 0 Å². The largest absolute Gasteiger partial charge is 0.784 e. The quantitative estimate of drug-likeness (QED) is 0.580. The van der Waals surface area contributed by atoms with E-state index in [4.69, 9.17) is 5.21 Å². The molecule has 4 nitrogen and oxygen atoms in total. The highest BCUT2D eigenvalue weighted by Crippen LogP contribution is 2.22. The predicted molar refractivity (Wildman–Crippen MR) is 41.9 cm³/mol. The zero-order chi connectivity index (χ0) is 8.43. The molecular weight excluding hydrogens is 144 g/mol. The van der Waals surface area contributed by atoms with E-state index in [2.05, 4.69) is 0 Å². The first-order chi connectivity index (χ1) is 5.13. The standard InChI is InChI=1S/C7H15N2O2/c1-6-4-3-5-7(8(2)10)9(6)11/h6-7,10H,3-5H2,1-2H3/q-1. The summed E-state index contributed by atoms with van der Waals surface area (Å²) in [5.41, 5.74) is 0. The average molecular weight is 159 g/mol. The first-order valence-electron chi connectivity index (χ1n) is 4.00. The lowest BCUT2D eigenvalue weighted by atomic mass is 10.0. The molecule has 4 heteroatoms. The van der Waals surface area contributed by atoms with Crippen molar-refractivity contribution in [2.24, 2.45) is 0 Å². The van der Waals surface area contributed by atoms with Crippen LogP contribution in [0, 0.1) is 5.21 Å². The molecule has 1 fully saturated rings. The molecule has 0 aromatic carbocycles. The lowest BCUT2D eigenvalue weighted by molar-refractivity contribution is -0.159. The van der Waals surface area contributed by atoms with Crippen LogP contribution in [0.25, 0.3) is 0 Å². The third-order valence-electron chi connectivity index (χ3n) is 2.24. The van der Waals surface area contributed by atoms with Crippen LogP contribution in [-0.4, -0.2) is 34.6 Å².